The van der Waals surface area contributed by atoms with E-state index in [0.29, 0.717) is 11.1 Å². The summed E-state index contributed by atoms with van der Waals surface area (Å²) in [6.45, 7) is 3.46. The third-order valence-electron chi connectivity index (χ3n) is 3.42. The molecular weight excluding hydrogens is 295 g/mol. The Labute approximate surface area is 120 Å². The van der Waals surface area contributed by atoms with Crippen molar-refractivity contribution in [3.05, 3.63) is 59.6 Å². The maximum Gasteiger partial charge on any atom is 0.365 e. The molecule has 3 atom stereocenters. The molecule has 0 spiro atoms. The summed E-state index contributed by atoms with van der Waals surface area (Å²) >= 11 is 0. The van der Waals surface area contributed by atoms with Crippen LogP contribution in [0.1, 0.15) is 20.7 Å². The number of ketones is 2. The van der Waals surface area contributed by atoms with Crippen LogP contribution < -0.4 is 0 Å². The van der Waals surface area contributed by atoms with Crippen LogP contribution in [0.15, 0.2) is 48.4 Å². The van der Waals surface area contributed by atoms with Crippen LogP contribution in [0.2, 0.25) is 0 Å². The van der Waals surface area contributed by atoms with E-state index in [1.54, 1.807) is 24.3 Å². The topological polar surface area (TPSA) is 89.9 Å². The van der Waals surface area contributed by atoms with Gasteiger partial charge in [0.15, 0.2) is 23.4 Å². The molecule has 0 aromatic heterocycles. The zero-order valence-electron chi connectivity index (χ0n) is 10.7. The summed E-state index contributed by atoms with van der Waals surface area (Å²) in [7, 11) is -3.22. The highest BCUT2D eigenvalue weighted by Gasteiger charge is 2.46. The summed E-state index contributed by atoms with van der Waals surface area (Å²) in [5.74, 6) is -1.41. The monoisotopic (exact) mass is 306 g/mol. The van der Waals surface area contributed by atoms with Crippen molar-refractivity contribution in [1.82, 2.24) is 0 Å². The van der Waals surface area contributed by atoms with Gasteiger partial charge in [0.2, 0.25) is 5.78 Å². The van der Waals surface area contributed by atoms with Gasteiger partial charge in [-0.1, -0.05) is 30.8 Å². The highest BCUT2D eigenvalue weighted by Crippen LogP contribution is 2.38. The van der Waals surface area contributed by atoms with E-state index < -0.39 is 20.3 Å². The van der Waals surface area contributed by atoms with Gasteiger partial charge in [-0.15, -0.1) is 0 Å². The van der Waals surface area contributed by atoms with Crippen LogP contribution in [0, 0.1) is 5.92 Å². The summed E-state index contributed by atoms with van der Waals surface area (Å²) in [5.41, 5.74) is 0.674. The van der Waals surface area contributed by atoms with E-state index in [1.807, 2.05) is 0 Å². The van der Waals surface area contributed by atoms with E-state index in [2.05, 4.69) is 11.1 Å². The van der Waals surface area contributed by atoms with Crippen molar-refractivity contribution < 1.29 is 28.3 Å². The average Bonchev–Trinajstić information content (AvgIpc) is 2.90. The first-order valence-electron chi connectivity index (χ1n) is 6.15. The predicted octanol–water partition coefficient (Wildman–Crippen LogP) is 1.88. The third-order valence-corrected chi connectivity index (χ3v) is 3.84. The number of ether oxygens (including phenoxy) is 1. The van der Waals surface area contributed by atoms with Crippen molar-refractivity contribution in [2.45, 2.75) is 6.10 Å². The van der Waals surface area contributed by atoms with Crippen molar-refractivity contribution in [1.29, 1.82) is 0 Å². The van der Waals surface area contributed by atoms with Crippen LogP contribution in [0.4, 0.5) is 0 Å². The fraction of sp³-hybridized carbons (Fsp3) is 0.143. The molecule has 0 saturated heterocycles. The van der Waals surface area contributed by atoms with Gasteiger partial charge < -0.3 is 14.2 Å². The number of carbonyl (C=O) groups is 2. The van der Waals surface area contributed by atoms with E-state index in [4.69, 9.17) is 9.63 Å². The van der Waals surface area contributed by atoms with Gasteiger partial charge >= 0.3 is 8.25 Å². The smallest absolute Gasteiger partial charge is 0.365 e. The molecule has 1 aromatic carbocycles. The maximum absolute atomic E-state index is 12.4. The predicted molar refractivity (Wildman–Crippen MR) is 73.0 cm³/mol. The Morgan fingerprint density at radius 1 is 1.24 bits per heavy atom. The molecule has 0 fully saturated rings. The standard InChI is InChI=1S/C14H11O6P/c1-7(20-21(17)18)11-6-10-12(15)8-4-2-3-5-9(8)13(16)14(10)19-11/h2-6,10,14,21H,1H2,(H,17,18). The zero-order chi connectivity index (χ0) is 15.1. The van der Waals surface area contributed by atoms with Crippen LogP contribution in [0.3, 0.4) is 0 Å². The molecule has 1 aliphatic carbocycles. The van der Waals surface area contributed by atoms with Gasteiger partial charge in [0.1, 0.15) is 0 Å². The summed E-state index contributed by atoms with van der Waals surface area (Å²) in [6, 6.07) is 6.53. The number of rotatable bonds is 3. The molecule has 21 heavy (non-hydrogen) atoms. The molecule has 1 heterocycles. The van der Waals surface area contributed by atoms with Crippen LogP contribution in [0.5, 0.6) is 0 Å². The van der Waals surface area contributed by atoms with Gasteiger partial charge in [-0.05, 0) is 6.08 Å². The number of hydrogen-bond donors (Lipinski definition) is 1. The van der Waals surface area contributed by atoms with Gasteiger partial charge in [-0.25, -0.2) is 4.57 Å². The van der Waals surface area contributed by atoms with Crippen molar-refractivity contribution in [2.75, 3.05) is 0 Å². The molecule has 3 unspecified atom stereocenters. The Morgan fingerprint density at radius 3 is 2.48 bits per heavy atom. The van der Waals surface area contributed by atoms with E-state index in [0.717, 1.165) is 0 Å². The van der Waals surface area contributed by atoms with Gasteiger partial charge in [0, 0.05) is 11.1 Å². The highest BCUT2D eigenvalue weighted by atomic mass is 31.1. The largest absolute Gasteiger partial charge is 0.478 e. The fourth-order valence-electron chi connectivity index (χ4n) is 2.49. The van der Waals surface area contributed by atoms with Gasteiger partial charge in [0.05, 0.1) is 5.92 Å². The van der Waals surface area contributed by atoms with Crippen molar-refractivity contribution in [2.24, 2.45) is 5.92 Å². The quantitative estimate of drug-likeness (QED) is 0.677. The molecule has 108 valence electrons. The second kappa shape index (κ2) is 4.98. The molecule has 0 bridgehead atoms. The second-order valence-electron chi connectivity index (χ2n) is 4.66. The molecule has 0 amide bonds. The van der Waals surface area contributed by atoms with Crippen LogP contribution in [0.25, 0.3) is 0 Å². The number of carbonyl (C=O) groups excluding carboxylic acids is 2. The Balaban J connectivity index is 1.95. The molecule has 6 nitrogen and oxygen atoms in total. The summed E-state index contributed by atoms with van der Waals surface area (Å²) in [4.78, 5) is 33.5. The Hall–Kier alpha value is -2.17. The second-order valence-corrected chi connectivity index (χ2v) is 5.40. The average molecular weight is 306 g/mol. The molecule has 1 N–H and O–H groups in total. The summed E-state index contributed by atoms with van der Waals surface area (Å²) in [6.07, 6.45) is 0.442. The Morgan fingerprint density at radius 2 is 1.86 bits per heavy atom. The van der Waals surface area contributed by atoms with Gasteiger partial charge in [-0.3, -0.25) is 9.59 Å². The molecule has 0 saturated carbocycles. The van der Waals surface area contributed by atoms with E-state index in [-0.39, 0.29) is 23.1 Å². The van der Waals surface area contributed by atoms with Crippen LogP contribution in [-0.4, -0.2) is 22.6 Å². The van der Waals surface area contributed by atoms with Crippen molar-refractivity contribution in [3.63, 3.8) is 0 Å². The third kappa shape index (κ3) is 2.22. The van der Waals surface area contributed by atoms with Crippen LogP contribution >= 0.6 is 8.25 Å². The number of Topliss-reactive ketones (excluding diaryl/α,β-unsaturated/α-hetero) is 2. The summed E-state index contributed by atoms with van der Waals surface area (Å²) in [5, 5.41) is 0. The van der Waals surface area contributed by atoms with Crippen molar-refractivity contribution >= 4 is 19.8 Å². The first kappa shape index (κ1) is 13.8. The zero-order valence-corrected chi connectivity index (χ0v) is 11.7. The van der Waals surface area contributed by atoms with Crippen molar-refractivity contribution in [3.8, 4) is 0 Å². The molecule has 1 aliphatic heterocycles. The van der Waals surface area contributed by atoms with Crippen LogP contribution in [-0.2, 0) is 13.8 Å². The number of hydrogen-bond acceptors (Lipinski definition) is 5. The van der Waals surface area contributed by atoms with E-state index >= 15 is 0 Å². The number of benzene rings is 1. The SMILES string of the molecule is C=C(O[PH](=O)O)C1=CC2C(=O)c3ccccc3C(=O)C2O1. The Bertz CT molecular complexity index is 720. The molecule has 3 rings (SSSR count). The lowest BCUT2D eigenvalue weighted by molar-refractivity contribution is 0.0541. The van der Waals surface area contributed by atoms with E-state index in [9.17, 15) is 14.2 Å². The molecule has 2 aliphatic rings. The molecule has 7 heteroatoms. The minimum atomic E-state index is -3.22. The number of fused-ring (bicyclic) bond motifs is 2. The van der Waals surface area contributed by atoms with Gasteiger partial charge in [-0.2, -0.15) is 0 Å². The highest BCUT2D eigenvalue weighted by molar-refractivity contribution is 7.32. The minimum Gasteiger partial charge on any atom is -0.478 e. The lowest BCUT2D eigenvalue weighted by Gasteiger charge is -2.24. The van der Waals surface area contributed by atoms with Gasteiger partial charge in [0.25, 0.3) is 0 Å². The summed E-state index contributed by atoms with van der Waals surface area (Å²) < 4.78 is 20.7. The fourth-order valence-corrected chi connectivity index (χ4v) is 2.80. The van der Waals surface area contributed by atoms with E-state index in [1.165, 1.54) is 6.08 Å². The Kier molecular flexibility index (Phi) is 3.27. The molecule has 1 aromatic rings. The lowest BCUT2D eigenvalue weighted by atomic mass is 9.80. The minimum absolute atomic E-state index is 0.0481. The first-order chi connectivity index (χ1) is 9.99. The first-order valence-corrected chi connectivity index (χ1v) is 7.41. The lowest BCUT2D eigenvalue weighted by Crippen LogP contribution is -2.38. The normalized spacial score (nSPS) is 24.5. The maximum atomic E-state index is 12.4. The molecular formula is C14H11O6P. The molecule has 0 radical (unpaired) electrons.